The van der Waals surface area contributed by atoms with Crippen molar-refractivity contribution >= 4 is 17.6 Å². The third-order valence-corrected chi connectivity index (χ3v) is 6.26. The first kappa shape index (κ1) is 21.3. The zero-order valence-electron chi connectivity index (χ0n) is 16.9. The summed E-state index contributed by atoms with van der Waals surface area (Å²) >= 11 is 1.38. The van der Waals surface area contributed by atoms with Crippen LogP contribution in [-0.2, 0) is 6.18 Å². The van der Waals surface area contributed by atoms with E-state index in [1.165, 1.54) is 22.5 Å². The average Bonchev–Trinajstić information content (AvgIpc) is 3.15. The Labute approximate surface area is 180 Å². The van der Waals surface area contributed by atoms with E-state index in [0.29, 0.717) is 22.6 Å². The van der Waals surface area contributed by atoms with Gasteiger partial charge in [0.2, 0.25) is 0 Å². The molecule has 2 aromatic carbocycles. The normalized spacial score (nSPS) is 16.2. The van der Waals surface area contributed by atoms with E-state index in [4.69, 9.17) is 4.74 Å². The van der Waals surface area contributed by atoms with Gasteiger partial charge >= 0.3 is 6.18 Å². The lowest BCUT2D eigenvalue weighted by molar-refractivity contribution is -0.141. The predicted molar refractivity (Wildman–Crippen MR) is 112 cm³/mol. The molecule has 4 nitrogen and oxygen atoms in total. The molecule has 0 saturated heterocycles. The topological polar surface area (TPSA) is 39.1 Å². The third-order valence-electron chi connectivity index (χ3n) is 5.00. The molecular weight excluding hydrogens is 430 g/mol. The molecule has 9 heteroatoms. The van der Waals surface area contributed by atoms with E-state index in [1.54, 1.807) is 45.2 Å². The van der Waals surface area contributed by atoms with E-state index in [-0.39, 0.29) is 5.82 Å². The molecule has 1 aromatic heterocycles. The Morgan fingerprint density at radius 2 is 1.77 bits per heavy atom. The summed E-state index contributed by atoms with van der Waals surface area (Å²) in [4.78, 5) is 1.58. The summed E-state index contributed by atoms with van der Waals surface area (Å²) in [7, 11) is 1.57. The zero-order valence-corrected chi connectivity index (χ0v) is 17.7. The van der Waals surface area contributed by atoms with Crippen LogP contribution in [0.25, 0.3) is 0 Å². The van der Waals surface area contributed by atoms with Gasteiger partial charge in [-0.05, 0) is 55.3 Å². The highest BCUT2D eigenvalue weighted by atomic mass is 32.2. The number of alkyl halides is 3. The van der Waals surface area contributed by atoms with E-state index in [1.807, 2.05) is 12.1 Å². The molecular formula is C22H19F4N3OS. The van der Waals surface area contributed by atoms with Crippen LogP contribution in [0.2, 0.25) is 0 Å². The van der Waals surface area contributed by atoms with Crippen LogP contribution in [0.15, 0.2) is 64.0 Å². The number of fused-ring (bicyclic) bond motifs is 1. The molecule has 0 aliphatic carbocycles. The Morgan fingerprint density at radius 3 is 2.39 bits per heavy atom. The number of hydrogen-bond donors (Lipinski definition) is 1. The first-order chi connectivity index (χ1) is 14.7. The number of methoxy groups -OCH3 is 1. The lowest BCUT2D eigenvalue weighted by atomic mass is 10.0. The summed E-state index contributed by atoms with van der Waals surface area (Å²) in [6.45, 7) is 3.42. The molecule has 1 N–H and O–H groups in total. The van der Waals surface area contributed by atoms with Crippen molar-refractivity contribution in [2.45, 2.75) is 31.0 Å². The summed E-state index contributed by atoms with van der Waals surface area (Å²) in [5.41, 5.74) is 0.640. The quantitative estimate of drug-likeness (QED) is 0.468. The van der Waals surface area contributed by atoms with Crippen LogP contribution in [0.4, 0.5) is 23.4 Å². The molecule has 1 unspecified atom stereocenters. The molecule has 4 rings (SSSR count). The van der Waals surface area contributed by atoms with E-state index in [0.717, 1.165) is 15.9 Å². The highest BCUT2D eigenvalue weighted by molar-refractivity contribution is 8.03. The van der Waals surface area contributed by atoms with Gasteiger partial charge in [0.25, 0.3) is 0 Å². The van der Waals surface area contributed by atoms with Crippen LogP contribution in [-0.4, -0.2) is 16.9 Å². The van der Waals surface area contributed by atoms with Crippen LogP contribution < -0.4 is 10.1 Å². The summed E-state index contributed by atoms with van der Waals surface area (Å²) in [5.74, 6) is 0.472. The maximum Gasteiger partial charge on any atom is 0.435 e. The van der Waals surface area contributed by atoms with Crippen LogP contribution in [0.3, 0.4) is 0 Å². The number of hydrogen-bond acceptors (Lipinski definition) is 4. The van der Waals surface area contributed by atoms with Crippen molar-refractivity contribution in [3.63, 3.8) is 0 Å². The van der Waals surface area contributed by atoms with E-state index in [2.05, 4.69) is 10.4 Å². The molecule has 0 amide bonds. The lowest BCUT2D eigenvalue weighted by Gasteiger charge is -2.30. The number of rotatable bonds is 4. The number of nitrogens with one attached hydrogen (secondary N) is 1. The van der Waals surface area contributed by atoms with Gasteiger partial charge in [0.05, 0.1) is 7.11 Å². The van der Waals surface area contributed by atoms with E-state index < -0.39 is 23.7 Å². The van der Waals surface area contributed by atoms with Crippen molar-refractivity contribution < 1.29 is 22.3 Å². The molecule has 2 heterocycles. The van der Waals surface area contributed by atoms with Crippen LogP contribution in [0.1, 0.15) is 29.8 Å². The SMILES string of the molecule is COc1ccc(SC2=C(C)Nc3cc(C(F)(F)F)nn3C2c2ccc(C)c(F)c2)cc1. The monoisotopic (exact) mass is 449 g/mol. The fourth-order valence-corrected chi connectivity index (χ4v) is 4.45. The van der Waals surface area contributed by atoms with Gasteiger partial charge in [-0.15, -0.1) is 0 Å². The standard InChI is InChI=1S/C22H19F4N3OS/c1-12-4-5-14(10-17(12)23)20-21(31-16-8-6-15(30-3)7-9-16)13(2)27-19-11-18(22(24,25)26)28-29(19)20/h4-11,20,27H,1-3H3. The summed E-state index contributed by atoms with van der Waals surface area (Å²) in [6.07, 6.45) is -4.59. The molecule has 1 aliphatic heterocycles. The second kappa shape index (κ2) is 7.96. The number of thioether (sulfide) groups is 1. The number of allylic oxidation sites excluding steroid dienone is 2. The van der Waals surface area contributed by atoms with E-state index >= 15 is 0 Å². The van der Waals surface area contributed by atoms with Crippen molar-refractivity contribution in [1.82, 2.24) is 9.78 Å². The molecule has 1 aliphatic rings. The Bertz CT molecular complexity index is 1150. The lowest BCUT2D eigenvalue weighted by Crippen LogP contribution is -2.23. The maximum absolute atomic E-state index is 14.4. The van der Waals surface area contributed by atoms with Crippen molar-refractivity contribution in [1.29, 1.82) is 0 Å². The number of nitrogens with zero attached hydrogens (tertiary/aromatic N) is 2. The first-order valence-corrected chi connectivity index (χ1v) is 10.2. The van der Waals surface area contributed by atoms with Gasteiger partial charge in [-0.1, -0.05) is 23.9 Å². The minimum absolute atomic E-state index is 0.204. The van der Waals surface area contributed by atoms with Gasteiger partial charge in [-0.25, -0.2) is 9.07 Å². The molecule has 0 saturated carbocycles. The smallest absolute Gasteiger partial charge is 0.435 e. The molecule has 0 bridgehead atoms. The molecule has 1 atom stereocenters. The third kappa shape index (κ3) is 4.14. The molecule has 162 valence electrons. The van der Waals surface area contributed by atoms with E-state index in [9.17, 15) is 17.6 Å². The van der Waals surface area contributed by atoms with Gasteiger partial charge < -0.3 is 10.1 Å². The van der Waals surface area contributed by atoms with Gasteiger partial charge in [-0.2, -0.15) is 18.3 Å². The largest absolute Gasteiger partial charge is 0.497 e. The molecule has 31 heavy (non-hydrogen) atoms. The highest BCUT2D eigenvalue weighted by Crippen LogP contribution is 2.46. The summed E-state index contributed by atoms with van der Waals surface area (Å²) in [6, 6.07) is 12.3. The van der Waals surface area contributed by atoms with Gasteiger partial charge in [0, 0.05) is 21.6 Å². The van der Waals surface area contributed by atoms with Crippen LogP contribution in [0.5, 0.6) is 5.75 Å². The Balaban J connectivity index is 1.82. The van der Waals surface area contributed by atoms with Crippen molar-refractivity contribution in [3.05, 3.63) is 81.8 Å². The number of ether oxygens (including phenoxy) is 1. The van der Waals surface area contributed by atoms with Gasteiger partial charge in [0.1, 0.15) is 23.4 Å². The molecule has 0 spiro atoms. The number of aryl methyl sites for hydroxylation is 1. The summed E-state index contributed by atoms with van der Waals surface area (Å²) < 4.78 is 60.8. The fraction of sp³-hybridized carbons (Fsp3) is 0.227. The second-order valence-corrected chi connectivity index (χ2v) is 8.28. The second-order valence-electron chi connectivity index (χ2n) is 7.16. The fourth-order valence-electron chi connectivity index (χ4n) is 3.37. The Kier molecular flexibility index (Phi) is 5.47. The van der Waals surface area contributed by atoms with Gasteiger partial charge in [-0.3, -0.25) is 0 Å². The molecule has 0 fully saturated rings. The maximum atomic E-state index is 14.4. The van der Waals surface area contributed by atoms with Gasteiger partial charge in [0.15, 0.2) is 5.69 Å². The minimum Gasteiger partial charge on any atom is -0.497 e. The number of benzene rings is 2. The Hall–Kier alpha value is -2.94. The van der Waals surface area contributed by atoms with Crippen LogP contribution >= 0.6 is 11.8 Å². The zero-order chi connectivity index (χ0) is 22.3. The summed E-state index contributed by atoms with van der Waals surface area (Å²) in [5, 5.41) is 6.84. The van der Waals surface area contributed by atoms with Crippen molar-refractivity contribution in [2.24, 2.45) is 0 Å². The predicted octanol–water partition coefficient (Wildman–Crippen LogP) is 6.40. The van der Waals surface area contributed by atoms with Crippen molar-refractivity contribution in [2.75, 3.05) is 12.4 Å². The number of anilines is 1. The first-order valence-electron chi connectivity index (χ1n) is 9.40. The van der Waals surface area contributed by atoms with Crippen molar-refractivity contribution in [3.8, 4) is 5.75 Å². The number of halogens is 4. The highest BCUT2D eigenvalue weighted by Gasteiger charge is 2.38. The molecule has 3 aromatic rings. The van der Waals surface area contributed by atoms with Crippen LogP contribution in [0, 0.1) is 12.7 Å². The number of aromatic nitrogens is 2. The molecule has 0 radical (unpaired) electrons. The average molecular weight is 449 g/mol. The Morgan fingerprint density at radius 1 is 1.06 bits per heavy atom. The minimum atomic E-state index is -4.59.